The van der Waals surface area contributed by atoms with Gasteiger partial charge in [-0.3, -0.25) is 4.79 Å². The van der Waals surface area contributed by atoms with Crippen LogP contribution < -0.4 is 5.32 Å². The van der Waals surface area contributed by atoms with Crippen LogP contribution in [-0.2, 0) is 17.8 Å². The molecular weight excluding hydrogens is 258 g/mol. The van der Waals surface area contributed by atoms with Crippen molar-refractivity contribution in [3.63, 3.8) is 0 Å². The van der Waals surface area contributed by atoms with E-state index in [9.17, 15) is 9.90 Å². The lowest BCUT2D eigenvalue weighted by Crippen LogP contribution is -2.34. The number of carbonyl (C=O) groups is 1. The Kier molecular flexibility index (Phi) is 5.40. The second-order valence-corrected chi connectivity index (χ2v) is 6.59. The molecule has 1 aliphatic rings. The van der Waals surface area contributed by atoms with Crippen LogP contribution in [0.2, 0.25) is 0 Å². The van der Waals surface area contributed by atoms with Gasteiger partial charge in [-0.25, -0.2) is 0 Å². The molecule has 0 saturated heterocycles. The van der Waals surface area contributed by atoms with Crippen LogP contribution in [0.5, 0.6) is 0 Å². The van der Waals surface area contributed by atoms with Gasteiger partial charge in [0, 0.05) is 16.3 Å². The monoisotopic (exact) mass is 281 g/mol. The van der Waals surface area contributed by atoms with E-state index < -0.39 is 5.97 Å². The van der Waals surface area contributed by atoms with Gasteiger partial charge in [-0.2, -0.15) is 0 Å². The molecule has 2 N–H and O–H groups in total. The molecule has 19 heavy (non-hydrogen) atoms. The predicted molar refractivity (Wildman–Crippen MR) is 78.5 cm³/mol. The third-order valence-corrected chi connectivity index (χ3v) is 5.23. The highest BCUT2D eigenvalue weighted by molar-refractivity contribution is 7.11. The van der Waals surface area contributed by atoms with Crippen LogP contribution in [-0.4, -0.2) is 17.6 Å². The fourth-order valence-electron chi connectivity index (χ4n) is 2.87. The minimum atomic E-state index is -0.615. The smallest absolute Gasteiger partial charge is 0.306 e. The first-order valence-corrected chi connectivity index (χ1v) is 8.03. The summed E-state index contributed by atoms with van der Waals surface area (Å²) in [5.41, 5.74) is 0. The van der Waals surface area contributed by atoms with Crippen LogP contribution in [0, 0.1) is 11.8 Å². The van der Waals surface area contributed by atoms with Crippen molar-refractivity contribution in [1.82, 2.24) is 5.32 Å². The molecule has 1 saturated carbocycles. The molecule has 4 heteroatoms. The van der Waals surface area contributed by atoms with Gasteiger partial charge in [0.1, 0.15) is 0 Å². The Morgan fingerprint density at radius 3 is 2.79 bits per heavy atom. The first-order valence-electron chi connectivity index (χ1n) is 7.21. The maximum absolute atomic E-state index is 11.2. The van der Waals surface area contributed by atoms with E-state index in [-0.39, 0.29) is 5.92 Å². The van der Waals surface area contributed by atoms with E-state index in [1.807, 2.05) is 11.3 Å². The van der Waals surface area contributed by atoms with E-state index in [2.05, 4.69) is 24.4 Å². The fraction of sp³-hybridized carbons (Fsp3) is 0.667. The molecule has 1 heterocycles. The average Bonchev–Trinajstić information content (AvgIpc) is 2.87. The van der Waals surface area contributed by atoms with E-state index in [1.165, 1.54) is 16.2 Å². The quantitative estimate of drug-likeness (QED) is 0.841. The standard InChI is InChI=1S/C15H23NO2S/c1-2-12-7-8-13(19-12)10-16-9-11-5-3-4-6-14(11)15(17)18/h7-8,11,14,16H,2-6,9-10H2,1H3,(H,17,18). The highest BCUT2D eigenvalue weighted by Crippen LogP contribution is 2.29. The number of hydrogen-bond donors (Lipinski definition) is 2. The van der Waals surface area contributed by atoms with E-state index >= 15 is 0 Å². The van der Waals surface area contributed by atoms with Crippen LogP contribution in [0.4, 0.5) is 0 Å². The molecule has 0 aromatic carbocycles. The van der Waals surface area contributed by atoms with Gasteiger partial charge in [0.05, 0.1) is 5.92 Å². The number of thiophene rings is 1. The van der Waals surface area contributed by atoms with E-state index in [4.69, 9.17) is 0 Å². The summed E-state index contributed by atoms with van der Waals surface area (Å²) in [4.78, 5) is 14.0. The number of aryl methyl sites for hydroxylation is 1. The summed E-state index contributed by atoms with van der Waals surface area (Å²) in [6.45, 7) is 3.87. The molecular formula is C15H23NO2S. The summed E-state index contributed by atoms with van der Waals surface area (Å²) >= 11 is 1.85. The molecule has 1 aromatic rings. The number of hydrogen-bond acceptors (Lipinski definition) is 3. The largest absolute Gasteiger partial charge is 0.481 e. The van der Waals surface area contributed by atoms with Crippen LogP contribution >= 0.6 is 11.3 Å². The average molecular weight is 281 g/mol. The third-order valence-electron chi connectivity index (χ3n) is 4.00. The van der Waals surface area contributed by atoms with Crippen LogP contribution in [0.1, 0.15) is 42.4 Å². The SMILES string of the molecule is CCc1ccc(CNCC2CCCCC2C(=O)O)s1. The van der Waals surface area contributed by atoms with Crippen molar-refractivity contribution in [3.05, 3.63) is 21.9 Å². The zero-order valence-corrected chi connectivity index (χ0v) is 12.3. The molecule has 1 aromatic heterocycles. The second-order valence-electron chi connectivity index (χ2n) is 5.34. The molecule has 106 valence electrons. The van der Waals surface area contributed by atoms with Crippen LogP contribution in [0.15, 0.2) is 12.1 Å². The molecule has 2 unspecified atom stereocenters. The van der Waals surface area contributed by atoms with Crippen molar-refractivity contribution < 1.29 is 9.90 Å². The van der Waals surface area contributed by atoms with Crippen molar-refractivity contribution in [3.8, 4) is 0 Å². The highest BCUT2D eigenvalue weighted by atomic mass is 32.1. The van der Waals surface area contributed by atoms with Crippen molar-refractivity contribution in [2.45, 2.75) is 45.6 Å². The van der Waals surface area contributed by atoms with Crippen molar-refractivity contribution in [1.29, 1.82) is 0 Å². The van der Waals surface area contributed by atoms with Crippen molar-refractivity contribution in [2.75, 3.05) is 6.54 Å². The Hall–Kier alpha value is -0.870. The summed E-state index contributed by atoms with van der Waals surface area (Å²) < 4.78 is 0. The number of nitrogens with one attached hydrogen (secondary N) is 1. The normalized spacial score (nSPS) is 23.4. The number of carboxylic acids is 1. The summed E-state index contributed by atoms with van der Waals surface area (Å²) in [6.07, 6.45) is 5.23. The zero-order valence-electron chi connectivity index (χ0n) is 11.5. The first kappa shape index (κ1) is 14.5. The molecule has 1 fully saturated rings. The minimum absolute atomic E-state index is 0.143. The highest BCUT2D eigenvalue weighted by Gasteiger charge is 2.30. The van der Waals surface area contributed by atoms with Gasteiger partial charge in [-0.1, -0.05) is 19.8 Å². The lowest BCUT2D eigenvalue weighted by molar-refractivity contribution is -0.144. The summed E-state index contributed by atoms with van der Waals surface area (Å²) in [5, 5.41) is 12.7. The van der Waals surface area contributed by atoms with Gasteiger partial charge in [0.15, 0.2) is 0 Å². The van der Waals surface area contributed by atoms with Crippen LogP contribution in [0.25, 0.3) is 0 Å². The Balaban J connectivity index is 1.79. The summed E-state index contributed by atoms with van der Waals surface area (Å²) in [7, 11) is 0. The topological polar surface area (TPSA) is 49.3 Å². The molecule has 0 bridgehead atoms. The lowest BCUT2D eigenvalue weighted by atomic mass is 9.79. The Labute approximate surface area is 119 Å². The Morgan fingerprint density at radius 2 is 2.11 bits per heavy atom. The molecule has 0 amide bonds. The Bertz CT molecular complexity index is 416. The Morgan fingerprint density at radius 1 is 1.37 bits per heavy atom. The second kappa shape index (κ2) is 7.06. The molecule has 0 radical (unpaired) electrons. The summed E-state index contributed by atoms with van der Waals surface area (Å²) in [6, 6.07) is 4.36. The number of aliphatic carboxylic acids is 1. The number of carboxylic acid groups (broad SMARTS) is 1. The predicted octanol–water partition coefficient (Wildman–Crippen LogP) is 3.29. The van der Waals surface area contributed by atoms with Crippen molar-refractivity contribution >= 4 is 17.3 Å². The van der Waals surface area contributed by atoms with Gasteiger partial charge in [0.25, 0.3) is 0 Å². The van der Waals surface area contributed by atoms with Gasteiger partial charge in [0.2, 0.25) is 0 Å². The van der Waals surface area contributed by atoms with E-state index in [0.717, 1.165) is 38.8 Å². The molecule has 2 rings (SSSR count). The fourth-order valence-corrected chi connectivity index (χ4v) is 3.79. The van der Waals surface area contributed by atoms with Crippen molar-refractivity contribution in [2.24, 2.45) is 11.8 Å². The van der Waals surface area contributed by atoms with Gasteiger partial charge < -0.3 is 10.4 Å². The zero-order chi connectivity index (χ0) is 13.7. The third kappa shape index (κ3) is 4.05. The first-order chi connectivity index (χ1) is 9.20. The summed E-state index contributed by atoms with van der Waals surface area (Å²) in [5.74, 6) is -0.455. The molecule has 0 aliphatic heterocycles. The van der Waals surface area contributed by atoms with Gasteiger partial charge in [-0.05, 0) is 43.9 Å². The minimum Gasteiger partial charge on any atom is -0.481 e. The number of rotatable bonds is 6. The molecule has 1 aliphatic carbocycles. The molecule has 0 spiro atoms. The van der Waals surface area contributed by atoms with Gasteiger partial charge >= 0.3 is 5.97 Å². The maximum atomic E-state index is 11.2. The lowest BCUT2D eigenvalue weighted by Gasteiger charge is -2.28. The van der Waals surface area contributed by atoms with Crippen LogP contribution in [0.3, 0.4) is 0 Å². The molecule has 3 nitrogen and oxygen atoms in total. The van der Waals surface area contributed by atoms with E-state index in [1.54, 1.807) is 0 Å². The maximum Gasteiger partial charge on any atom is 0.306 e. The van der Waals surface area contributed by atoms with Gasteiger partial charge in [-0.15, -0.1) is 11.3 Å². The van der Waals surface area contributed by atoms with E-state index in [0.29, 0.717) is 5.92 Å². The molecule has 2 atom stereocenters.